The van der Waals surface area contributed by atoms with Gasteiger partial charge in [-0.2, -0.15) is 0 Å². The Bertz CT molecular complexity index is 515. The maximum Gasteiger partial charge on any atom is 0.278 e. The number of primary amides is 1. The average molecular weight is 264 g/mol. The van der Waals surface area contributed by atoms with Gasteiger partial charge in [-0.1, -0.05) is 19.1 Å². The predicted octanol–water partition coefficient (Wildman–Crippen LogP) is 0.718. The summed E-state index contributed by atoms with van der Waals surface area (Å²) >= 11 is 0. The van der Waals surface area contributed by atoms with Gasteiger partial charge in [0.05, 0.1) is 5.56 Å². The third-order valence-electron chi connectivity index (χ3n) is 3.17. The molecule has 6 heteroatoms. The lowest BCUT2D eigenvalue weighted by atomic mass is 9.97. The Morgan fingerprint density at radius 3 is 2.84 bits per heavy atom. The van der Waals surface area contributed by atoms with Crippen LogP contribution >= 0.6 is 0 Å². The van der Waals surface area contributed by atoms with Crippen LogP contribution in [-0.4, -0.2) is 24.5 Å². The van der Waals surface area contributed by atoms with Crippen molar-refractivity contribution in [2.45, 2.75) is 25.9 Å². The summed E-state index contributed by atoms with van der Waals surface area (Å²) < 4.78 is 5.69. The lowest BCUT2D eigenvalue weighted by Crippen LogP contribution is -2.29. The fourth-order valence-corrected chi connectivity index (χ4v) is 1.99. The quantitative estimate of drug-likeness (QED) is 0.784. The van der Waals surface area contributed by atoms with Crippen molar-refractivity contribution in [3.63, 3.8) is 0 Å². The van der Waals surface area contributed by atoms with E-state index in [9.17, 15) is 9.59 Å². The van der Waals surface area contributed by atoms with Crippen LogP contribution < -0.4 is 16.0 Å². The molecule has 1 aliphatic heterocycles. The molecule has 1 heterocycles. The third kappa shape index (κ3) is 2.68. The number of hydrogen-bond donors (Lipinski definition) is 2. The van der Waals surface area contributed by atoms with Crippen molar-refractivity contribution in [1.82, 2.24) is 5.48 Å². The summed E-state index contributed by atoms with van der Waals surface area (Å²) in [6.45, 7) is 3.63. The average Bonchev–Trinajstić information content (AvgIpc) is 2.65. The fourth-order valence-electron chi connectivity index (χ4n) is 1.99. The van der Waals surface area contributed by atoms with E-state index in [1.807, 2.05) is 19.9 Å². The van der Waals surface area contributed by atoms with Gasteiger partial charge in [-0.3, -0.25) is 14.4 Å². The largest absolute Gasteiger partial charge is 0.489 e. The molecular weight excluding hydrogens is 248 g/mol. The van der Waals surface area contributed by atoms with E-state index in [-0.39, 0.29) is 18.6 Å². The van der Waals surface area contributed by atoms with Crippen molar-refractivity contribution in [2.24, 2.45) is 5.73 Å². The van der Waals surface area contributed by atoms with Gasteiger partial charge in [0.15, 0.2) is 6.61 Å². The molecule has 0 aromatic heterocycles. The molecule has 2 amide bonds. The molecule has 0 saturated heterocycles. The van der Waals surface area contributed by atoms with Crippen LogP contribution in [0.5, 0.6) is 5.75 Å². The highest BCUT2D eigenvalue weighted by Gasteiger charge is 2.31. The standard InChI is InChI=1S/C13H16N2O4/c1-7-8(2)19-12-9(7)4-3-5-10(12)13(17)15-18-6-11(14)16/h3-5,7-8H,6H2,1-2H3,(H2,14,16)(H,15,17). The van der Waals surface area contributed by atoms with Crippen LogP contribution in [0.2, 0.25) is 0 Å². The van der Waals surface area contributed by atoms with Crippen LogP contribution in [0.25, 0.3) is 0 Å². The maximum absolute atomic E-state index is 11.9. The Balaban J connectivity index is 2.14. The SMILES string of the molecule is CC1Oc2c(C(=O)NOCC(N)=O)cccc2C1C. The van der Waals surface area contributed by atoms with Crippen molar-refractivity contribution < 1.29 is 19.2 Å². The number of benzene rings is 1. The number of ether oxygens (including phenoxy) is 1. The molecule has 2 unspecified atom stereocenters. The van der Waals surface area contributed by atoms with Gasteiger partial charge in [-0.05, 0) is 13.0 Å². The number of fused-ring (bicyclic) bond motifs is 1. The normalized spacial score (nSPS) is 20.5. The van der Waals surface area contributed by atoms with E-state index >= 15 is 0 Å². The number of carbonyl (C=O) groups excluding carboxylic acids is 2. The minimum Gasteiger partial charge on any atom is -0.489 e. The summed E-state index contributed by atoms with van der Waals surface area (Å²) in [6.07, 6.45) is 0.0236. The molecule has 1 aromatic rings. The Kier molecular flexibility index (Phi) is 3.71. The van der Waals surface area contributed by atoms with Crippen LogP contribution in [0.15, 0.2) is 18.2 Å². The number of amides is 2. The molecule has 0 aliphatic carbocycles. The summed E-state index contributed by atoms with van der Waals surface area (Å²) in [5.41, 5.74) is 8.46. The van der Waals surface area contributed by atoms with Crippen LogP contribution in [-0.2, 0) is 9.63 Å². The first-order valence-corrected chi connectivity index (χ1v) is 6.00. The number of para-hydroxylation sites is 1. The molecule has 0 bridgehead atoms. The van der Waals surface area contributed by atoms with Gasteiger partial charge >= 0.3 is 0 Å². The first-order chi connectivity index (χ1) is 9.00. The molecule has 1 aromatic carbocycles. The molecule has 0 fully saturated rings. The lowest BCUT2D eigenvalue weighted by molar-refractivity contribution is -0.124. The Hall–Kier alpha value is -2.08. The lowest BCUT2D eigenvalue weighted by Gasteiger charge is -2.09. The van der Waals surface area contributed by atoms with Crippen molar-refractivity contribution >= 4 is 11.8 Å². The smallest absolute Gasteiger partial charge is 0.278 e. The zero-order chi connectivity index (χ0) is 14.0. The molecule has 0 radical (unpaired) electrons. The first-order valence-electron chi connectivity index (χ1n) is 6.00. The van der Waals surface area contributed by atoms with E-state index in [0.29, 0.717) is 11.3 Å². The highest BCUT2D eigenvalue weighted by molar-refractivity contribution is 5.97. The van der Waals surface area contributed by atoms with Crippen LogP contribution in [0.4, 0.5) is 0 Å². The monoisotopic (exact) mass is 264 g/mol. The Labute approximate surface area is 110 Å². The molecular formula is C13H16N2O4. The van der Waals surface area contributed by atoms with E-state index in [0.717, 1.165) is 5.56 Å². The van der Waals surface area contributed by atoms with Crippen LogP contribution in [0, 0.1) is 0 Å². The zero-order valence-corrected chi connectivity index (χ0v) is 10.8. The molecule has 2 rings (SSSR count). The van der Waals surface area contributed by atoms with Gasteiger partial charge in [-0.25, -0.2) is 5.48 Å². The molecule has 0 saturated carbocycles. The Morgan fingerprint density at radius 2 is 2.16 bits per heavy atom. The third-order valence-corrected chi connectivity index (χ3v) is 3.17. The van der Waals surface area contributed by atoms with E-state index in [1.54, 1.807) is 12.1 Å². The molecule has 1 aliphatic rings. The van der Waals surface area contributed by atoms with Crippen LogP contribution in [0.1, 0.15) is 35.7 Å². The second kappa shape index (κ2) is 5.27. The molecule has 19 heavy (non-hydrogen) atoms. The van der Waals surface area contributed by atoms with Gasteiger partial charge in [0.1, 0.15) is 11.9 Å². The van der Waals surface area contributed by atoms with Crippen molar-refractivity contribution in [3.8, 4) is 5.75 Å². The van der Waals surface area contributed by atoms with Crippen molar-refractivity contribution in [3.05, 3.63) is 29.3 Å². The highest BCUT2D eigenvalue weighted by atomic mass is 16.7. The van der Waals surface area contributed by atoms with E-state index in [1.165, 1.54) is 0 Å². The number of rotatable bonds is 4. The van der Waals surface area contributed by atoms with Gasteiger partial charge < -0.3 is 10.5 Å². The van der Waals surface area contributed by atoms with Gasteiger partial charge in [0.25, 0.3) is 5.91 Å². The number of nitrogens with one attached hydrogen (secondary N) is 1. The molecule has 6 nitrogen and oxygen atoms in total. The van der Waals surface area contributed by atoms with Crippen molar-refractivity contribution in [1.29, 1.82) is 0 Å². The number of hydrogen-bond acceptors (Lipinski definition) is 4. The summed E-state index contributed by atoms with van der Waals surface area (Å²) in [4.78, 5) is 27.1. The topological polar surface area (TPSA) is 90.7 Å². The maximum atomic E-state index is 11.9. The minimum absolute atomic E-state index is 0.0236. The fraction of sp³-hybridized carbons (Fsp3) is 0.385. The zero-order valence-electron chi connectivity index (χ0n) is 10.8. The summed E-state index contributed by atoms with van der Waals surface area (Å²) in [5, 5.41) is 0. The Morgan fingerprint density at radius 1 is 1.42 bits per heavy atom. The summed E-state index contributed by atoms with van der Waals surface area (Å²) in [7, 11) is 0. The second-order valence-electron chi connectivity index (χ2n) is 4.52. The predicted molar refractivity (Wildman–Crippen MR) is 67.6 cm³/mol. The summed E-state index contributed by atoms with van der Waals surface area (Å²) in [6, 6.07) is 5.37. The van der Waals surface area contributed by atoms with Gasteiger partial charge in [0, 0.05) is 11.5 Å². The van der Waals surface area contributed by atoms with Crippen molar-refractivity contribution in [2.75, 3.05) is 6.61 Å². The molecule has 2 atom stereocenters. The van der Waals surface area contributed by atoms with E-state index in [4.69, 9.17) is 15.3 Å². The number of carbonyl (C=O) groups is 2. The van der Waals surface area contributed by atoms with Gasteiger partial charge in [0.2, 0.25) is 5.91 Å². The van der Waals surface area contributed by atoms with E-state index < -0.39 is 11.8 Å². The summed E-state index contributed by atoms with van der Waals surface area (Å²) in [5.74, 6) is -0.312. The number of hydroxylamine groups is 1. The molecule has 3 N–H and O–H groups in total. The second-order valence-corrected chi connectivity index (χ2v) is 4.52. The molecule has 0 spiro atoms. The number of nitrogens with two attached hydrogens (primary N) is 1. The molecule has 102 valence electrons. The van der Waals surface area contributed by atoms with Crippen LogP contribution in [0.3, 0.4) is 0 Å². The highest BCUT2D eigenvalue weighted by Crippen LogP contribution is 2.40. The minimum atomic E-state index is -0.655. The first kappa shape index (κ1) is 13.4. The van der Waals surface area contributed by atoms with Gasteiger partial charge in [-0.15, -0.1) is 0 Å². The van der Waals surface area contributed by atoms with E-state index in [2.05, 4.69) is 5.48 Å².